The summed E-state index contributed by atoms with van der Waals surface area (Å²) in [6.45, 7) is 7.14. The van der Waals surface area contributed by atoms with Crippen molar-refractivity contribution < 1.29 is 0 Å². The summed E-state index contributed by atoms with van der Waals surface area (Å²) >= 11 is 0. The van der Waals surface area contributed by atoms with E-state index in [1.807, 2.05) is 0 Å². The molecule has 118 valence electrons. The van der Waals surface area contributed by atoms with E-state index in [1.165, 1.54) is 31.2 Å². The minimum Gasteiger partial charge on any atom is -0.271 e. The molecule has 0 heterocycles. The van der Waals surface area contributed by atoms with Gasteiger partial charge in [0, 0.05) is 6.04 Å². The Morgan fingerprint density at radius 2 is 1.71 bits per heavy atom. The summed E-state index contributed by atoms with van der Waals surface area (Å²) in [4.78, 5) is 0. The molecule has 1 aromatic carbocycles. The van der Waals surface area contributed by atoms with Crippen LogP contribution in [0.25, 0.3) is 0 Å². The molecular weight excluding hydrogens is 256 g/mol. The first-order chi connectivity index (χ1) is 10.0. The highest BCUT2D eigenvalue weighted by molar-refractivity contribution is 5.14. The summed E-state index contributed by atoms with van der Waals surface area (Å²) in [7, 11) is 0. The third-order valence-electron chi connectivity index (χ3n) is 5.37. The predicted molar refractivity (Wildman–Crippen MR) is 90.8 cm³/mol. The second-order valence-electron chi connectivity index (χ2n) is 7.78. The van der Waals surface area contributed by atoms with Gasteiger partial charge in [-0.15, -0.1) is 0 Å². The summed E-state index contributed by atoms with van der Waals surface area (Å²) < 4.78 is 0. The number of nitrogens with two attached hydrogens (primary N) is 1. The molecule has 0 aliphatic heterocycles. The van der Waals surface area contributed by atoms with Gasteiger partial charge in [-0.1, -0.05) is 51.1 Å². The summed E-state index contributed by atoms with van der Waals surface area (Å²) in [6.07, 6.45) is 7.63. The monoisotopic (exact) mass is 288 g/mol. The molecule has 21 heavy (non-hydrogen) atoms. The molecular formula is C19H32N2. The first kappa shape index (κ1) is 16.5. The highest BCUT2D eigenvalue weighted by atomic mass is 15.2. The molecule has 1 aliphatic rings. The maximum absolute atomic E-state index is 5.84. The van der Waals surface area contributed by atoms with Gasteiger partial charge < -0.3 is 0 Å². The molecule has 1 atom stereocenters. The third kappa shape index (κ3) is 4.82. The average molecular weight is 288 g/mol. The minimum atomic E-state index is 0.459. The Morgan fingerprint density at radius 1 is 1.10 bits per heavy atom. The number of hydrazine groups is 1. The first-order valence-corrected chi connectivity index (χ1v) is 8.50. The minimum absolute atomic E-state index is 0.459. The van der Waals surface area contributed by atoms with Crippen molar-refractivity contribution >= 4 is 0 Å². The largest absolute Gasteiger partial charge is 0.271 e. The molecule has 2 nitrogen and oxygen atoms in total. The van der Waals surface area contributed by atoms with Crippen LogP contribution in [0.15, 0.2) is 30.3 Å². The first-order valence-electron chi connectivity index (χ1n) is 8.50. The van der Waals surface area contributed by atoms with E-state index in [2.05, 4.69) is 56.5 Å². The van der Waals surface area contributed by atoms with Crippen LogP contribution in [0.3, 0.4) is 0 Å². The zero-order valence-electron chi connectivity index (χ0n) is 13.9. The quantitative estimate of drug-likeness (QED) is 0.626. The van der Waals surface area contributed by atoms with Crippen LogP contribution in [-0.4, -0.2) is 6.04 Å². The molecule has 0 spiro atoms. The molecule has 0 bridgehead atoms. The summed E-state index contributed by atoms with van der Waals surface area (Å²) in [5.41, 5.74) is 4.97. The Labute approximate surface area is 130 Å². The molecule has 0 saturated heterocycles. The smallest absolute Gasteiger partial charge is 0.0241 e. The van der Waals surface area contributed by atoms with E-state index in [0.29, 0.717) is 11.5 Å². The molecule has 0 radical (unpaired) electrons. The topological polar surface area (TPSA) is 38.0 Å². The average Bonchev–Trinajstić information content (AvgIpc) is 2.48. The van der Waals surface area contributed by atoms with Crippen LogP contribution in [-0.2, 0) is 6.42 Å². The number of aryl methyl sites for hydroxylation is 1. The molecule has 3 N–H and O–H groups in total. The van der Waals surface area contributed by atoms with Crippen molar-refractivity contribution in [2.75, 3.05) is 0 Å². The Morgan fingerprint density at radius 3 is 2.24 bits per heavy atom. The van der Waals surface area contributed by atoms with Gasteiger partial charge >= 0.3 is 0 Å². The van der Waals surface area contributed by atoms with Crippen LogP contribution in [0.2, 0.25) is 0 Å². The van der Waals surface area contributed by atoms with Crippen LogP contribution in [0.4, 0.5) is 0 Å². The normalized spacial score (nSPS) is 24.8. The van der Waals surface area contributed by atoms with Crippen molar-refractivity contribution in [3.63, 3.8) is 0 Å². The number of hydrogen-bond donors (Lipinski definition) is 2. The van der Waals surface area contributed by atoms with Gasteiger partial charge in [0.15, 0.2) is 0 Å². The number of benzene rings is 1. The molecule has 1 aliphatic carbocycles. The lowest BCUT2D eigenvalue weighted by molar-refractivity contribution is 0.130. The molecule has 0 aromatic heterocycles. The van der Waals surface area contributed by atoms with Crippen LogP contribution in [0.1, 0.15) is 58.4 Å². The van der Waals surface area contributed by atoms with Gasteiger partial charge in [0.05, 0.1) is 0 Å². The van der Waals surface area contributed by atoms with Gasteiger partial charge in [0.2, 0.25) is 0 Å². The molecule has 1 unspecified atom stereocenters. The predicted octanol–water partition coefficient (Wildman–Crippen LogP) is 4.30. The Kier molecular flexibility index (Phi) is 5.83. The van der Waals surface area contributed by atoms with E-state index in [1.54, 1.807) is 0 Å². The van der Waals surface area contributed by atoms with Gasteiger partial charge in [-0.05, 0) is 61.3 Å². The van der Waals surface area contributed by atoms with Gasteiger partial charge in [0.1, 0.15) is 0 Å². The lowest BCUT2D eigenvalue weighted by Gasteiger charge is -2.39. The SMILES string of the molecule is CC(C)(C)C1CCC(C(CCc2ccccc2)NN)CC1. The number of rotatable bonds is 5. The van der Waals surface area contributed by atoms with Crippen molar-refractivity contribution in [2.45, 2.75) is 65.3 Å². The van der Waals surface area contributed by atoms with E-state index in [-0.39, 0.29) is 0 Å². The second-order valence-corrected chi connectivity index (χ2v) is 7.78. The molecule has 1 aromatic rings. The van der Waals surface area contributed by atoms with Crippen LogP contribution >= 0.6 is 0 Å². The van der Waals surface area contributed by atoms with Gasteiger partial charge in [0.25, 0.3) is 0 Å². The fraction of sp³-hybridized carbons (Fsp3) is 0.684. The molecule has 2 heteroatoms. The standard InChI is InChI=1S/C19H32N2/c1-19(2,3)17-12-10-16(11-13-17)18(21-20)14-9-15-7-5-4-6-8-15/h4-8,16-18,21H,9-14,20H2,1-3H3. The lowest BCUT2D eigenvalue weighted by atomic mass is 9.68. The van der Waals surface area contributed by atoms with Gasteiger partial charge in [-0.2, -0.15) is 0 Å². The van der Waals surface area contributed by atoms with Crippen molar-refractivity contribution in [3.8, 4) is 0 Å². The zero-order valence-corrected chi connectivity index (χ0v) is 13.9. The molecule has 2 rings (SSSR count). The molecule has 0 amide bonds. The summed E-state index contributed by atoms with van der Waals surface area (Å²) in [6, 6.07) is 11.2. The highest BCUT2D eigenvalue weighted by Crippen LogP contribution is 2.41. The van der Waals surface area contributed by atoms with Crippen LogP contribution in [0, 0.1) is 17.3 Å². The Hall–Kier alpha value is -0.860. The Balaban J connectivity index is 1.82. The maximum Gasteiger partial charge on any atom is 0.0241 e. The molecule has 1 fully saturated rings. The lowest BCUT2D eigenvalue weighted by Crippen LogP contribution is -2.43. The molecule has 1 saturated carbocycles. The fourth-order valence-electron chi connectivity index (χ4n) is 3.81. The van der Waals surface area contributed by atoms with Crippen molar-refractivity contribution in [1.29, 1.82) is 0 Å². The van der Waals surface area contributed by atoms with Gasteiger partial charge in [-0.3, -0.25) is 11.3 Å². The van der Waals surface area contributed by atoms with E-state index in [9.17, 15) is 0 Å². The van der Waals surface area contributed by atoms with Crippen molar-refractivity contribution in [3.05, 3.63) is 35.9 Å². The zero-order chi connectivity index (χ0) is 15.3. The van der Waals surface area contributed by atoms with Crippen molar-refractivity contribution in [2.24, 2.45) is 23.1 Å². The summed E-state index contributed by atoms with van der Waals surface area (Å²) in [5, 5.41) is 0. The fourth-order valence-corrected chi connectivity index (χ4v) is 3.81. The highest BCUT2D eigenvalue weighted by Gasteiger charge is 2.32. The van der Waals surface area contributed by atoms with E-state index < -0.39 is 0 Å². The maximum atomic E-state index is 5.84. The van der Waals surface area contributed by atoms with E-state index in [4.69, 9.17) is 5.84 Å². The van der Waals surface area contributed by atoms with Gasteiger partial charge in [-0.25, -0.2) is 0 Å². The number of nitrogens with one attached hydrogen (secondary N) is 1. The van der Waals surface area contributed by atoms with E-state index >= 15 is 0 Å². The van der Waals surface area contributed by atoms with Crippen molar-refractivity contribution in [1.82, 2.24) is 5.43 Å². The number of hydrogen-bond acceptors (Lipinski definition) is 2. The third-order valence-corrected chi connectivity index (χ3v) is 5.37. The van der Waals surface area contributed by atoms with Crippen LogP contribution < -0.4 is 11.3 Å². The van der Waals surface area contributed by atoms with Crippen LogP contribution in [0.5, 0.6) is 0 Å². The second kappa shape index (κ2) is 7.42. The summed E-state index contributed by atoms with van der Waals surface area (Å²) in [5.74, 6) is 7.46. The van der Waals surface area contributed by atoms with E-state index in [0.717, 1.165) is 24.7 Å². The Bertz CT molecular complexity index is 399.